The van der Waals surface area contributed by atoms with Crippen LogP contribution in [0.25, 0.3) is 0 Å². The van der Waals surface area contributed by atoms with E-state index >= 15 is 0 Å². The molecule has 0 aliphatic carbocycles. The predicted molar refractivity (Wildman–Crippen MR) is 119 cm³/mol. The van der Waals surface area contributed by atoms with Crippen molar-refractivity contribution in [2.24, 2.45) is 5.92 Å². The minimum atomic E-state index is -3.82. The van der Waals surface area contributed by atoms with Crippen molar-refractivity contribution in [3.63, 3.8) is 0 Å². The topological polar surface area (TPSA) is 60.9 Å². The van der Waals surface area contributed by atoms with Crippen LogP contribution in [-0.2, 0) is 10.0 Å². The Morgan fingerprint density at radius 1 is 1.19 bits per heavy atom. The molecular weight excluding hydrogens is 415 g/mol. The smallest absolute Gasteiger partial charge is 0.243 e. The highest BCUT2D eigenvalue weighted by Gasteiger charge is 2.50. The number of unbranched alkanes of at least 4 members (excludes halogenated alkanes) is 1. The maximum absolute atomic E-state index is 13.5. The Morgan fingerprint density at radius 3 is 2.61 bits per heavy atom. The van der Waals surface area contributed by atoms with Gasteiger partial charge < -0.3 is 10.0 Å². The lowest BCUT2D eigenvalue weighted by Gasteiger charge is -2.44. The number of sulfonamides is 1. The lowest BCUT2D eigenvalue weighted by Crippen LogP contribution is -2.48. The van der Waals surface area contributed by atoms with Crippen molar-refractivity contribution in [2.45, 2.75) is 43.2 Å². The number of fused-ring (bicyclic) bond motifs is 3. The van der Waals surface area contributed by atoms with E-state index in [1.165, 1.54) is 28.6 Å². The summed E-state index contributed by atoms with van der Waals surface area (Å²) in [6.45, 7) is 2.37. The number of anilines is 1. The van der Waals surface area contributed by atoms with Gasteiger partial charge in [-0.25, -0.2) is 12.8 Å². The van der Waals surface area contributed by atoms with Gasteiger partial charge in [0.1, 0.15) is 5.82 Å². The monoisotopic (exact) mass is 442 g/mol. The molecule has 1 fully saturated rings. The molecular formula is C24H27FN2O3S. The standard InChI is InChI=1S/C24H27FN2O3S/c1-3-4-5-6-17-7-12-22-21(15-17)24-20(23(16-28)26(22)2)13-14-27(24)31(29,30)19-10-8-18(25)9-11-19/h7-12,15,20,23-24,28H,3-4,13-14,16H2,1-2H3/t20-,23+,24-/m1/s1. The van der Waals surface area contributed by atoms with Gasteiger partial charge in [-0.15, -0.1) is 0 Å². The highest BCUT2D eigenvalue weighted by atomic mass is 32.2. The third-order valence-electron chi connectivity index (χ3n) is 6.33. The maximum Gasteiger partial charge on any atom is 0.243 e. The van der Waals surface area contributed by atoms with E-state index in [4.69, 9.17) is 0 Å². The van der Waals surface area contributed by atoms with Gasteiger partial charge in [0.15, 0.2) is 0 Å². The average Bonchev–Trinajstić information content (AvgIpc) is 3.20. The minimum Gasteiger partial charge on any atom is -0.394 e. The number of hydrogen-bond donors (Lipinski definition) is 1. The van der Waals surface area contributed by atoms with Crippen molar-refractivity contribution < 1.29 is 17.9 Å². The molecule has 7 heteroatoms. The number of rotatable bonds is 4. The van der Waals surface area contributed by atoms with Gasteiger partial charge in [-0.2, -0.15) is 4.31 Å². The lowest BCUT2D eigenvalue weighted by atomic mass is 9.82. The molecule has 2 heterocycles. The third-order valence-corrected chi connectivity index (χ3v) is 8.23. The molecule has 0 amide bonds. The van der Waals surface area contributed by atoms with Gasteiger partial charge in [0.2, 0.25) is 10.0 Å². The number of aliphatic hydroxyl groups is 1. The van der Waals surface area contributed by atoms with E-state index < -0.39 is 21.9 Å². The summed E-state index contributed by atoms with van der Waals surface area (Å²) in [6.07, 6.45) is 2.43. The highest BCUT2D eigenvalue weighted by Crippen LogP contribution is 2.50. The molecule has 0 bridgehead atoms. The van der Waals surface area contributed by atoms with E-state index in [-0.39, 0.29) is 23.5 Å². The van der Waals surface area contributed by atoms with Gasteiger partial charge >= 0.3 is 0 Å². The molecule has 2 aliphatic rings. The van der Waals surface area contributed by atoms with Crippen LogP contribution in [0, 0.1) is 23.6 Å². The summed E-state index contributed by atoms with van der Waals surface area (Å²) in [4.78, 5) is 2.13. The van der Waals surface area contributed by atoms with Crippen molar-refractivity contribution in [2.75, 3.05) is 25.1 Å². The van der Waals surface area contributed by atoms with Crippen LogP contribution in [0.15, 0.2) is 47.4 Å². The summed E-state index contributed by atoms with van der Waals surface area (Å²) in [5.74, 6) is 5.81. The molecule has 2 aliphatic heterocycles. The van der Waals surface area contributed by atoms with Crippen LogP contribution >= 0.6 is 0 Å². The molecule has 31 heavy (non-hydrogen) atoms. The number of likely N-dealkylation sites (N-methyl/N-ethyl adjacent to an activating group) is 1. The first-order valence-electron chi connectivity index (χ1n) is 10.6. The molecule has 0 unspecified atom stereocenters. The minimum absolute atomic E-state index is 0.0448. The Morgan fingerprint density at radius 2 is 1.94 bits per heavy atom. The maximum atomic E-state index is 13.5. The molecule has 1 N–H and O–H groups in total. The first-order chi connectivity index (χ1) is 14.9. The van der Waals surface area contributed by atoms with Gasteiger partial charge in [-0.1, -0.05) is 18.8 Å². The largest absolute Gasteiger partial charge is 0.394 e. The number of aliphatic hydroxyl groups excluding tert-OH is 1. The number of hydrogen-bond acceptors (Lipinski definition) is 4. The van der Waals surface area contributed by atoms with Crippen molar-refractivity contribution in [1.29, 1.82) is 0 Å². The van der Waals surface area contributed by atoms with Crippen LogP contribution in [0.1, 0.15) is 43.4 Å². The van der Waals surface area contributed by atoms with E-state index in [2.05, 4.69) is 18.8 Å². The summed E-state index contributed by atoms with van der Waals surface area (Å²) < 4.78 is 41.9. The Kier molecular flexibility index (Phi) is 6.07. The van der Waals surface area contributed by atoms with Gasteiger partial charge in [-0.3, -0.25) is 0 Å². The van der Waals surface area contributed by atoms with Crippen molar-refractivity contribution in [3.05, 3.63) is 59.4 Å². The first-order valence-corrected chi connectivity index (χ1v) is 12.1. The molecule has 0 spiro atoms. The van der Waals surface area contributed by atoms with Crippen LogP contribution in [0.3, 0.4) is 0 Å². The molecule has 5 nitrogen and oxygen atoms in total. The van der Waals surface area contributed by atoms with E-state index in [0.29, 0.717) is 13.0 Å². The number of nitrogens with zero attached hydrogens (tertiary/aromatic N) is 2. The van der Waals surface area contributed by atoms with Gasteiger partial charge in [0.25, 0.3) is 0 Å². The van der Waals surface area contributed by atoms with Crippen LogP contribution in [-0.4, -0.2) is 44.1 Å². The second-order valence-corrected chi connectivity index (χ2v) is 10.0. The predicted octanol–water partition coefficient (Wildman–Crippen LogP) is 3.54. The zero-order chi connectivity index (χ0) is 22.2. The van der Waals surface area contributed by atoms with E-state index in [0.717, 1.165) is 29.7 Å². The lowest BCUT2D eigenvalue weighted by molar-refractivity contribution is 0.193. The van der Waals surface area contributed by atoms with Crippen molar-refractivity contribution in [1.82, 2.24) is 4.31 Å². The van der Waals surface area contributed by atoms with Crippen molar-refractivity contribution >= 4 is 15.7 Å². The highest BCUT2D eigenvalue weighted by molar-refractivity contribution is 7.89. The Hall–Kier alpha value is -2.40. The Balaban J connectivity index is 1.81. The molecule has 3 atom stereocenters. The van der Waals surface area contributed by atoms with E-state index in [1.54, 1.807) is 0 Å². The molecule has 0 radical (unpaired) electrons. The third kappa shape index (κ3) is 3.84. The van der Waals surface area contributed by atoms with Crippen LogP contribution < -0.4 is 4.90 Å². The van der Waals surface area contributed by atoms with Crippen LogP contribution in [0.5, 0.6) is 0 Å². The summed E-state index contributed by atoms with van der Waals surface area (Å²) in [5, 5.41) is 10.1. The first kappa shape index (κ1) is 21.8. The number of benzene rings is 2. The van der Waals surface area contributed by atoms with E-state index in [1.807, 2.05) is 30.1 Å². The van der Waals surface area contributed by atoms with Crippen LogP contribution in [0.4, 0.5) is 10.1 Å². The van der Waals surface area contributed by atoms with Gasteiger partial charge in [0, 0.05) is 37.2 Å². The molecule has 0 saturated carbocycles. The quantitative estimate of drug-likeness (QED) is 0.736. The van der Waals surface area contributed by atoms with E-state index in [9.17, 15) is 17.9 Å². The van der Waals surface area contributed by atoms with Crippen molar-refractivity contribution in [3.8, 4) is 11.8 Å². The molecule has 2 aromatic rings. The number of halogens is 1. The molecule has 164 valence electrons. The fraction of sp³-hybridized carbons (Fsp3) is 0.417. The van der Waals surface area contributed by atoms with Gasteiger partial charge in [0.05, 0.1) is 23.6 Å². The summed E-state index contributed by atoms with van der Waals surface area (Å²) >= 11 is 0. The summed E-state index contributed by atoms with van der Waals surface area (Å²) in [6, 6.07) is 10.3. The molecule has 1 saturated heterocycles. The average molecular weight is 443 g/mol. The Labute approximate surface area is 183 Å². The SMILES string of the molecule is CCCC#Cc1ccc2c(c1)[C@H]1[C@H](CCN1S(=O)(=O)c1ccc(F)cc1)[C@H](CO)N2C. The zero-order valence-electron chi connectivity index (χ0n) is 17.8. The molecule has 0 aromatic heterocycles. The molecule has 2 aromatic carbocycles. The Bertz CT molecular complexity index is 1120. The van der Waals surface area contributed by atoms with Crippen LogP contribution in [0.2, 0.25) is 0 Å². The second kappa shape index (κ2) is 8.62. The fourth-order valence-electron chi connectivity index (χ4n) is 4.79. The zero-order valence-corrected chi connectivity index (χ0v) is 18.6. The summed E-state index contributed by atoms with van der Waals surface area (Å²) in [5.41, 5.74) is 2.67. The second-order valence-electron chi connectivity index (χ2n) is 8.15. The van der Waals surface area contributed by atoms with Gasteiger partial charge in [-0.05, 0) is 60.9 Å². The summed E-state index contributed by atoms with van der Waals surface area (Å²) in [7, 11) is -1.88. The normalized spacial score (nSPS) is 23.1. The molecule has 4 rings (SSSR count). The fourth-order valence-corrected chi connectivity index (χ4v) is 6.46.